The number of amides is 1. The summed E-state index contributed by atoms with van der Waals surface area (Å²) in [6.07, 6.45) is 3.18. The summed E-state index contributed by atoms with van der Waals surface area (Å²) >= 11 is 11.4. The second-order valence-electron chi connectivity index (χ2n) is 6.18. The molecule has 0 spiro atoms. The number of rotatable bonds is 6. The Morgan fingerprint density at radius 1 is 1.46 bits per heavy atom. The van der Waals surface area contributed by atoms with Crippen LogP contribution in [0.4, 0.5) is 0 Å². The number of phenols is 1. The maximum Gasteiger partial charge on any atom is 0.244 e. The maximum atomic E-state index is 12.2. The number of aromatic hydroxyl groups is 1. The molecule has 0 aromatic heterocycles. The highest BCUT2D eigenvalue weighted by Gasteiger charge is 2.60. The zero-order chi connectivity index (χ0) is 17.9. The van der Waals surface area contributed by atoms with Crippen molar-refractivity contribution in [1.29, 1.82) is 0 Å². The fourth-order valence-electron chi connectivity index (χ4n) is 2.75. The van der Waals surface area contributed by atoms with Gasteiger partial charge in [0.25, 0.3) is 0 Å². The van der Waals surface area contributed by atoms with Crippen LogP contribution in [0, 0.1) is 17.3 Å². The van der Waals surface area contributed by atoms with Gasteiger partial charge < -0.3 is 9.84 Å². The van der Waals surface area contributed by atoms with E-state index < -0.39 is 0 Å². The first-order valence-electron chi connectivity index (χ1n) is 7.59. The second kappa shape index (κ2) is 7.45. The molecule has 7 heteroatoms. The van der Waals surface area contributed by atoms with Crippen LogP contribution in [0.25, 0.3) is 0 Å². The van der Waals surface area contributed by atoms with E-state index in [2.05, 4.69) is 10.5 Å². The first-order chi connectivity index (χ1) is 11.3. The number of allylic oxidation sites excluding steroid dienone is 1. The lowest BCUT2D eigenvalue weighted by molar-refractivity contribution is -0.123. The van der Waals surface area contributed by atoms with Gasteiger partial charge >= 0.3 is 0 Å². The number of nitrogens with zero attached hydrogens (tertiary/aromatic N) is 1. The van der Waals surface area contributed by atoms with E-state index in [0.29, 0.717) is 17.9 Å². The minimum absolute atomic E-state index is 0.00377. The molecule has 1 saturated carbocycles. The molecule has 0 radical (unpaired) electrons. The molecular weight excluding hydrogens is 351 g/mol. The van der Waals surface area contributed by atoms with Crippen molar-refractivity contribution in [3.63, 3.8) is 0 Å². The van der Waals surface area contributed by atoms with Crippen LogP contribution in [-0.4, -0.2) is 23.8 Å². The molecule has 1 aliphatic rings. The van der Waals surface area contributed by atoms with Crippen LogP contribution in [0.2, 0.25) is 0 Å². The number of carbonyl (C=O) groups is 1. The van der Waals surface area contributed by atoms with E-state index in [4.69, 9.17) is 27.9 Å². The average Bonchev–Trinajstić information content (AvgIpc) is 3.02. The fourth-order valence-corrected chi connectivity index (χ4v) is 3.02. The molecule has 0 unspecified atom stereocenters. The van der Waals surface area contributed by atoms with Gasteiger partial charge in [0.2, 0.25) is 5.91 Å². The van der Waals surface area contributed by atoms with Crippen molar-refractivity contribution in [3.05, 3.63) is 34.3 Å². The second-order valence-corrected chi connectivity index (χ2v) is 7.18. The number of phenolic OH excluding ortho intramolecular Hbond substituents is 1. The van der Waals surface area contributed by atoms with E-state index in [9.17, 15) is 9.90 Å². The molecule has 0 saturated heterocycles. The monoisotopic (exact) mass is 370 g/mol. The molecule has 1 aromatic rings. The lowest BCUT2D eigenvalue weighted by atomic mass is 10.1. The number of nitrogens with one attached hydrogen (secondary N) is 1. The van der Waals surface area contributed by atoms with E-state index in [1.165, 1.54) is 12.3 Å². The van der Waals surface area contributed by atoms with Gasteiger partial charge in [-0.25, -0.2) is 5.43 Å². The van der Waals surface area contributed by atoms with Gasteiger partial charge in [-0.15, -0.1) is 0 Å². The SMILES string of the molecule is CCOc1cc(/C=N\NC(=O)[C@@H]2[C@@H](C=C(Cl)Cl)C2(C)C)ccc1O. The van der Waals surface area contributed by atoms with Crippen LogP contribution in [0.1, 0.15) is 26.3 Å². The molecule has 0 bridgehead atoms. The summed E-state index contributed by atoms with van der Waals surface area (Å²) < 4.78 is 5.47. The highest BCUT2D eigenvalue weighted by atomic mass is 35.5. The third-order valence-corrected chi connectivity index (χ3v) is 4.42. The van der Waals surface area contributed by atoms with E-state index in [0.717, 1.165) is 0 Å². The van der Waals surface area contributed by atoms with Crippen molar-refractivity contribution in [1.82, 2.24) is 5.43 Å². The normalized spacial score (nSPS) is 21.4. The van der Waals surface area contributed by atoms with Crippen LogP contribution >= 0.6 is 23.2 Å². The Bertz CT molecular complexity index is 682. The Hall–Kier alpha value is -1.72. The maximum absolute atomic E-state index is 12.2. The van der Waals surface area contributed by atoms with E-state index in [1.807, 2.05) is 20.8 Å². The van der Waals surface area contributed by atoms with Crippen molar-refractivity contribution in [3.8, 4) is 11.5 Å². The Morgan fingerprint density at radius 2 is 2.17 bits per heavy atom. The van der Waals surface area contributed by atoms with Gasteiger partial charge in [0.05, 0.1) is 18.7 Å². The van der Waals surface area contributed by atoms with Crippen LogP contribution in [0.15, 0.2) is 33.9 Å². The minimum Gasteiger partial charge on any atom is -0.504 e. The number of hydrogen-bond donors (Lipinski definition) is 2. The standard InChI is InChI=1S/C17H20Cl2N2O3/c1-4-24-13-7-10(5-6-12(13)22)9-20-21-16(23)15-11(8-14(18)19)17(15,2)3/h5-9,11,15,22H,4H2,1-3H3,(H,21,23)/b20-9-/t11-,15+/m1/s1. The summed E-state index contributed by atoms with van der Waals surface area (Å²) in [7, 11) is 0. The average molecular weight is 371 g/mol. The van der Waals surface area contributed by atoms with Gasteiger partial charge in [0, 0.05) is 0 Å². The molecule has 2 N–H and O–H groups in total. The van der Waals surface area contributed by atoms with Crippen molar-refractivity contribution in [2.24, 2.45) is 22.4 Å². The van der Waals surface area contributed by atoms with Crippen molar-refractivity contribution in [2.75, 3.05) is 6.61 Å². The van der Waals surface area contributed by atoms with Crippen LogP contribution in [-0.2, 0) is 4.79 Å². The summed E-state index contributed by atoms with van der Waals surface area (Å²) in [5, 5.41) is 13.6. The van der Waals surface area contributed by atoms with Gasteiger partial charge in [-0.1, -0.05) is 37.0 Å². The molecule has 130 valence electrons. The lowest BCUT2D eigenvalue weighted by Gasteiger charge is -2.06. The predicted octanol–water partition coefficient (Wildman–Crippen LogP) is 3.83. The first kappa shape index (κ1) is 18.6. The predicted molar refractivity (Wildman–Crippen MR) is 95.6 cm³/mol. The number of hydrogen-bond acceptors (Lipinski definition) is 4. The summed E-state index contributed by atoms with van der Waals surface area (Å²) in [4.78, 5) is 12.2. The minimum atomic E-state index is -0.221. The van der Waals surface area contributed by atoms with Gasteiger partial charge in [-0.05, 0) is 48.1 Å². The molecule has 2 atom stereocenters. The molecule has 1 fully saturated rings. The molecule has 1 aliphatic carbocycles. The number of ether oxygens (including phenoxy) is 1. The third kappa shape index (κ3) is 4.22. The Labute approximate surface area is 151 Å². The molecule has 2 rings (SSSR count). The smallest absolute Gasteiger partial charge is 0.244 e. The molecular formula is C17H20Cl2N2O3. The largest absolute Gasteiger partial charge is 0.504 e. The summed E-state index contributed by atoms with van der Waals surface area (Å²) in [5.74, 6) is 0.0242. The van der Waals surface area contributed by atoms with Crippen molar-refractivity contribution < 1.29 is 14.6 Å². The highest BCUT2D eigenvalue weighted by Crippen LogP contribution is 2.59. The topological polar surface area (TPSA) is 70.9 Å². The summed E-state index contributed by atoms with van der Waals surface area (Å²) in [5.41, 5.74) is 3.03. The summed E-state index contributed by atoms with van der Waals surface area (Å²) in [6.45, 7) is 6.23. The Balaban J connectivity index is 1.98. The quantitative estimate of drug-likeness (QED) is 0.590. The van der Waals surface area contributed by atoms with Crippen LogP contribution in [0.3, 0.4) is 0 Å². The van der Waals surface area contributed by atoms with Gasteiger partial charge in [0.15, 0.2) is 11.5 Å². The van der Waals surface area contributed by atoms with Crippen LogP contribution < -0.4 is 10.2 Å². The molecule has 1 amide bonds. The Morgan fingerprint density at radius 3 is 2.79 bits per heavy atom. The number of benzene rings is 1. The highest BCUT2D eigenvalue weighted by molar-refractivity contribution is 6.55. The Kier molecular flexibility index (Phi) is 5.78. The molecule has 24 heavy (non-hydrogen) atoms. The molecule has 0 aliphatic heterocycles. The van der Waals surface area contributed by atoms with E-state index in [1.54, 1.807) is 18.2 Å². The zero-order valence-electron chi connectivity index (χ0n) is 13.7. The van der Waals surface area contributed by atoms with Crippen LogP contribution in [0.5, 0.6) is 11.5 Å². The number of hydrazone groups is 1. The molecule has 1 aromatic carbocycles. The third-order valence-electron chi connectivity index (χ3n) is 4.17. The van der Waals surface area contributed by atoms with Crippen molar-refractivity contribution >= 4 is 35.3 Å². The van der Waals surface area contributed by atoms with Gasteiger partial charge in [-0.2, -0.15) is 5.10 Å². The van der Waals surface area contributed by atoms with Crippen molar-refractivity contribution in [2.45, 2.75) is 20.8 Å². The summed E-state index contributed by atoms with van der Waals surface area (Å²) in [6, 6.07) is 4.84. The number of halogens is 2. The lowest BCUT2D eigenvalue weighted by Crippen LogP contribution is -2.21. The first-order valence-corrected chi connectivity index (χ1v) is 8.34. The van der Waals surface area contributed by atoms with Gasteiger partial charge in [0.1, 0.15) is 4.49 Å². The van der Waals surface area contributed by atoms with E-state index >= 15 is 0 Å². The molecule has 5 nitrogen and oxygen atoms in total. The van der Waals surface area contributed by atoms with E-state index in [-0.39, 0.29) is 33.4 Å². The zero-order valence-corrected chi connectivity index (χ0v) is 15.2. The number of carbonyl (C=O) groups excluding carboxylic acids is 1. The van der Waals surface area contributed by atoms with Gasteiger partial charge in [-0.3, -0.25) is 4.79 Å². The fraction of sp³-hybridized carbons (Fsp3) is 0.412. The molecule has 0 heterocycles.